The van der Waals surface area contributed by atoms with Crippen molar-refractivity contribution in [1.82, 2.24) is 4.98 Å². The largest absolute Gasteiger partial charge is 0.377 e. The van der Waals surface area contributed by atoms with Crippen LogP contribution in [-0.2, 0) is 4.74 Å². The molecule has 0 aromatic rings. The number of rotatable bonds is 3. The predicted octanol–water partition coefficient (Wildman–Crippen LogP) is 1.59. The highest BCUT2D eigenvalue weighted by atomic mass is 28.3. The fourth-order valence-electron chi connectivity index (χ4n) is 1.23. The monoisotopic (exact) mass is 173 g/mol. The standard InChI is InChI=1S/C8H19NOSi/c1-11(2,3)9-7-8-5-4-6-10-8/h8-9H,4-7H2,1-3H3. The molecule has 0 spiro atoms. The lowest BCUT2D eigenvalue weighted by atomic mass is 10.2. The minimum absolute atomic E-state index is 0.502. The van der Waals surface area contributed by atoms with E-state index in [0.29, 0.717) is 6.10 Å². The lowest BCUT2D eigenvalue weighted by Crippen LogP contribution is -2.45. The molecule has 1 unspecified atom stereocenters. The maximum atomic E-state index is 5.51. The summed E-state index contributed by atoms with van der Waals surface area (Å²) in [5.41, 5.74) is 0. The van der Waals surface area contributed by atoms with E-state index in [-0.39, 0.29) is 0 Å². The first-order chi connectivity index (χ1) is 5.08. The van der Waals surface area contributed by atoms with Gasteiger partial charge in [0.2, 0.25) is 0 Å². The van der Waals surface area contributed by atoms with Crippen LogP contribution in [0.15, 0.2) is 0 Å². The molecule has 0 bridgehead atoms. The van der Waals surface area contributed by atoms with Gasteiger partial charge in [-0.1, -0.05) is 19.6 Å². The minimum atomic E-state index is -1.05. The summed E-state index contributed by atoms with van der Waals surface area (Å²) in [5, 5.41) is 0. The molecule has 0 saturated carbocycles. The van der Waals surface area contributed by atoms with Crippen LogP contribution in [0.25, 0.3) is 0 Å². The molecule has 1 aliphatic rings. The van der Waals surface area contributed by atoms with Gasteiger partial charge < -0.3 is 9.72 Å². The molecule has 0 radical (unpaired) electrons. The van der Waals surface area contributed by atoms with E-state index < -0.39 is 8.24 Å². The van der Waals surface area contributed by atoms with Gasteiger partial charge >= 0.3 is 0 Å². The van der Waals surface area contributed by atoms with Crippen molar-refractivity contribution >= 4 is 8.24 Å². The second kappa shape index (κ2) is 3.69. The first-order valence-electron chi connectivity index (χ1n) is 4.44. The lowest BCUT2D eigenvalue weighted by molar-refractivity contribution is 0.114. The second-order valence-electron chi connectivity index (χ2n) is 4.27. The molecule has 0 amide bonds. The molecule has 1 rings (SSSR count). The third kappa shape index (κ3) is 3.89. The maximum Gasteiger partial charge on any atom is 0.116 e. The summed E-state index contributed by atoms with van der Waals surface area (Å²) in [6.07, 6.45) is 3.00. The Hall–Kier alpha value is 0.137. The van der Waals surface area contributed by atoms with Crippen molar-refractivity contribution in [3.8, 4) is 0 Å². The summed E-state index contributed by atoms with van der Waals surface area (Å²) in [6, 6.07) is 0. The van der Waals surface area contributed by atoms with Gasteiger partial charge in [-0.05, 0) is 12.8 Å². The van der Waals surface area contributed by atoms with Crippen molar-refractivity contribution in [3.63, 3.8) is 0 Å². The Morgan fingerprint density at radius 2 is 2.18 bits per heavy atom. The number of hydrogen-bond acceptors (Lipinski definition) is 2. The van der Waals surface area contributed by atoms with E-state index >= 15 is 0 Å². The van der Waals surface area contributed by atoms with E-state index in [1.54, 1.807) is 0 Å². The molecule has 2 nitrogen and oxygen atoms in total. The summed E-state index contributed by atoms with van der Waals surface area (Å²) >= 11 is 0. The average Bonchev–Trinajstić information content (AvgIpc) is 2.32. The Bertz CT molecular complexity index is 116. The molecule has 1 fully saturated rings. The van der Waals surface area contributed by atoms with E-state index in [1.165, 1.54) is 12.8 Å². The van der Waals surface area contributed by atoms with Gasteiger partial charge in [0.25, 0.3) is 0 Å². The van der Waals surface area contributed by atoms with Gasteiger partial charge in [0.05, 0.1) is 6.10 Å². The van der Waals surface area contributed by atoms with Gasteiger partial charge in [-0.15, -0.1) is 0 Å². The molecule has 0 aromatic carbocycles. The van der Waals surface area contributed by atoms with Gasteiger partial charge in [-0.2, -0.15) is 0 Å². The molecule has 0 aromatic heterocycles. The number of nitrogens with one attached hydrogen (secondary N) is 1. The van der Waals surface area contributed by atoms with Crippen molar-refractivity contribution in [2.24, 2.45) is 0 Å². The molecule has 1 heterocycles. The van der Waals surface area contributed by atoms with Gasteiger partial charge in [-0.3, -0.25) is 0 Å². The first-order valence-corrected chi connectivity index (χ1v) is 7.94. The molecule has 66 valence electrons. The molecular formula is C8H19NOSi. The first kappa shape index (κ1) is 9.23. The third-order valence-corrected chi connectivity index (χ3v) is 3.15. The lowest BCUT2D eigenvalue weighted by Gasteiger charge is -2.20. The van der Waals surface area contributed by atoms with Gasteiger partial charge in [0.15, 0.2) is 0 Å². The van der Waals surface area contributed by atoms with Crippen LogP contribution < -0.4 is 4.98 Å². The summed E-state index contributed by atoms with van der Waals surface area (Å²) in [7, 11) is -1.05. The zero-order chi connectivity index (χ0) is 8.32. The maximum absolute atomic E-state index is 5.51. The molecule has 3 heteroatoms. The smallest absolute Gasteiger partial charge is 0.116 e. The zero-order valence-corrected chi connectivity index (χ0v) is 8.81. The van der Waals surface area contributed by atoms with E-state index in [2.05, 4.69) is 24.6 Å². The summed E-state index contributed by atoms with van der Waals surface area (Å²) in [6.45, 7) is 9.00. The van der Waals surface area contributed by atoms with Gasteiger partial charge in [0, 0.05) is 13.2 Å². The second-order valence-corrected chi connectivity index (χ2v) is 9.12. The van der Waals surface area contributed by atoms with Crippen molar-refractivity contribution in [2.75, 3.05) is 13.2 Å². The average molecular weight is 173 g/mol. The Labute approximate surface area is 70.4 Å². The fraction of sp³-hybridized carbons (Fsp3) is 1.00. The van der Waals surface area contributed by atoms with E-state index in [1.807, 2.05) is 0 Å². The topological polar surface area (TPSA) is 21.3 Å². The van der Waals surface area contributed by atoms with Crippen molar-refractivity contribution in [2.45, 2.75) is 38.6 Å². The van der Waals surface area contributed by atoms with Crippen molar-refractivity contribution in [3.05, 3.63) is 0 Å². The number of ether oxygens (including phenoxy) is 1. The van der Waals surface area contributed by atoms with E-state index in [9.17, 15) is 0 Å². The van der Waals surface area contributed by atoms with Crippen molar-refractivity contribution in [1.29, 1.82) is 0 Å². The zero-order valence-electron chi connectivity index (χ0n) is 7.81. The van der Waals surface area contributed by atoms with Crippen LogP contribution in [0.2, 0.25) is 19.6 Å². The highest BCUT2D eigenvalue weighted by Crippen LogP contribution is 2.11. The number of hydrogen-bond donors (Lipinski definition) is 1. The fourth-order valence-corrected chi connectivity index (χ4v) is 2.07. The molecule has 1 N–H and O–H groups in total. The molecular weight excluding hydrogens is 154 g/mol. The molecule has 0 aliphatic carbocycles. The van der Waals surface area contributed by atoms with Crippen LogP contribution in [0.1, 0.15) is 12.8 Å². The van der Waals surface area contributed by atoms with Crippen LogP contribution in [0.5, 0.6) is 0 Å². The normalized spacial score (nSPS) is 25.9. The summed E-state index contributed by atoms with van der Waals surface area (Å²) in [4.78, 5) is 3.58. The minimum Gasteiger partial charge on any atom is -0.377 e. The summed E-state index contributed by atoms with van der Waals surface area (Å²) < 4.78 is 5.51. The van der Waals surface area contributed by atoms with Gasteiger partial charge in [0.1, 0.15) is 8.24 Å². The van der Waals surface area contributed by atoms with Crippen LogP contribution in [0.4, 0.5) is 0 Å². The molecule has 1 atom stereocenters. The Kier molecular flexibility index (Phi) is 3.10. The van der Waals surface area contributed by atoms with Crippen LogP contribution >= 0.6 is 0 Å². The van der Waals surface area contributed by atoms with Gasteiger partial charge in [-0.25, -0.2) is 0 Å². The Morgan fingerprint density at radius 3 is 2.64 bits per heavy atom. The van der Waals surface area contributed by atoms with E-state index in [4.69, 9.17) is 4.74 Å². The van der Waals surface area contributed by atoms with Crippen LogP contribution in [0.3, 0.4) is 0 Å². The molecule has 1 aliphatic heterocycles. The molecule has 1 saturated heterocycles. The Morgan fingerprint density at radius 1 is 1.45 bits per heavy atom. The third-order valence-electron chi connectivity index (χ3n) is 1.88. The summed E-state index contributed by atoms with van der Waals surface area (Å²) in [5.74, 6) is 0. The van der Waals surface area contributed by atoms with Crippen LogP contribution in [0, 0.1) is 0 Å². The van der Waals surface area contributed by atoms with Crippen LogP contribution in [-0.4, -0.2) is 27.5 Å². The van der Waals surface area contributed by atoms with E-state index in [0.717, 1.165) is 13.2 Å². The molecule has 11 heavy (non-hydrogen) atoms. The van der Waals surface area contributed by atoms with Crippen molar-refractivity contribution < 1.29 is 4.74 Å². The predicted molar refractivity (Wildman–Crippen MR) is 50.3 cm³/mol. The highest BCUT2D eigenvalue weighted by molar-refractivity contribution is 6.73. The quantitative estimate of drug-likeness (QED) is 0.654. The highest BCUT2D eigenvalue weighted by Gasteiger charge is 2.19. The Balaban J connectivity index is 2.11. The SMILES string of the molecule is C[Si](C)(C)NCC1CCCO1.